The number of hydrogen-bond donors (Lipinski definition) is 2. The molecule has 1 rings (SSSR count). The van der Waals surface area contributed by atoms with E-state index in [9.17, 15) is 19.4 Å². The summed E-state index contributed by atoms with van der Waals surface area (Å²) in [5.41, 5.74) is 0.900. The molecule has 1 aromatic rings. The Hall–Kier alpha value is -1.44. The molecule has 0 radical (unpaired) electrons. The molecule has 8 nitrogen and oxygen atoms in total. The van der Waals surface area contributed by atoms with E-state index in [1.54, 1.807) is 21.1 Å². The van der Waals surface area contributed by atoms with Crippen LogP contribution in [0.5, 0.6) is 5.75 Å². The molecule has 0 bridgehead atoms. The van der Waals surface area contributed by atoms with Gasteiger partial charge in [0.15, 0.2) is 5.78 Å². The molecule has 1 aromatic carbocycles. The van der Waals surface area contributed by atoms with Gasteiger partial charge in [0.05, 0.1) is 34.4 Å². The average Bonchev–Trinajstić information content (AvgIpc) is 2.84. The van der Waals surface area contributed by atoms with Gasteiger partial charge in [-0.05, 0) is 24.1 Å². The number of rotatable bonds is 22. The van der Waals surface area contributed by atoms with Crippen LogP contribution >= 0.6 is 7.60 Å². The van der Waals surface area contributed by atoms with E-state index in [1.807, 2.05) is 24.3 Å². The van der Waals surface area contributed by atoms with E-state index < -0.39 is 25.5 Å². The first-order valence-electron chi connectivity index (χ1n) is 14.3. The van der Waals surface area contributed by atoms with Crippen LogP contribution in [-0.2, 0) is 25.0 Å². The summed E-state index contributed by atoms with van der Waals surface area (Å²) in [5, 5.41) is 9.34. The maximum absolute atomic E-state index is 12.9. The molecular weight excluding hydrogens is 505 g/mol. The Balaban J connectivity index is 2.47. The largest absolute Gasteiger partial charge is 0.494 e. The van der Waals surface area contributed by atoms with Crippen LogP contribution < -0.4 is 4.74 Å². The average molecular weight is 559 g/mol. The van der Waals surface area contributed by atoms with Crippen LogP contribution in [0, 0.1) is 0 Å². The number of esters is 1. The lowest BCUT2D eigenvalue weighted by Gasteiger charge is -2.35. The topological polar surface area (TPSA) is 102 Å². The molecule has 3 unspecified atom stereocenters. The molecule has 0 aromatic heterocycles. The zero-order chi connectivity index (χ0) is 28.4. The number of hydrogen-bond acceptors (Lipinski definition) is 6. The first-order valence-corrected chi connectivity index (χ1v) is 15.9. The van der Waals surface area contributed by atoms with Crippen LogP contribution in [0.25, 0.3) is 0 Å². The van der Waals surface area contributed by atoms with Gasteiger partial charge in [-0.2, -0.15) is 0 Å². The fraction of sp³-hybridized carbons (Fsp3) is 0.759. The molecule has 0 saturated heterocycles. The lowest BCUT2D eigenvalue weighted by molar-refractivity contribution is -0.883. The van der Waals surface area contributed by atoms with Crippen LogP contribution in [0.2, 0.25) is 0 Å². The van der Waals surface area contributed by atoms with E-state index in [1.165, 1.54) is 64.7 Å². The molecule has 0 heterocycles. The van der Waals surface area contributed by atoms with Crippen molar-refractivity contribution in [3.8, 4) is 5.75 Å². The van der Waals surface area contributed by atoms with Gasteiger partial charge in [-0.3, -0.25) is 9.36 Å². The minimum atomic E-state index is -4.08. The second-order valence-electron chi connectivity index (χ2n) is 11.1. The van der Waals surface area contributed by atoms with Crippen LogP contribution in [0.4, 0.5) is 0 Å². The van der Waals surface area contributed by atoms with Gasteiger partial charge in [0.25, 0.3) is 0 Å². The van der Waals surface area contributed by atoms with E-state index >= 15 is 0 Å². The Bertz CT molecular complexity index is 810. The lowest BCUT2D eigenvalue weighted by atomic mass is 10.1. The number of carbonyl (C=O) groups is 1. The van der Waals surface area contributed by atoms with E-state index in [0.29, 0.717) is 13.0 Å². The number of unbranched alkanes of at least 4 members (excludes halogenated alkanes) is 9. The summed E-state index contributed by atoms with van der Waals surface area (Å²) in [7, 11) is 1.24. The Morgan fingerprint density at radius 1 is 0.947 bits per heavy atom. The number of ether oxygens (including phenoxy) is 2. The zero-order valence-corrected chi connectivity index (χ0v) is 25.3. The predicted octanol–water partition coefficient (Wildman–Crippen LogP) is 6.08. The van der Waals surface area contributed by atoms with Crippen molar-refractivity contribution in [2.45, 2.75) is 103 Å². The van der Waals surface area contributed by atoms with Crippen molar-refractivity contribution < 1.29 is 37.8 Å². The quantitative estimate of drug-likeness (QED) is 0.0770. The minimum absolute atomic E-state index is 0.121. The van der Waals surface area contributed by atoms with Gasteiger partial charge in [-0.25, -0.2) is 0 Å². The summed E-state index contributed by atoms with van der Waals surface area (Å²) < 4.78 is 29.8. The first kappa shape index (κ1) is 34.6. The molecule has 3 atom stereocenters. The summed E-state index contributed by atoms with van der Waals surface area (Å²) in [5.74, 6) is -0.488. The SMILES string of the molecule is CCCCCCCCCCCCOc1ccc(CC(COP(=O)(O)C(CCO)[N+](C)(C)C)OC(C)=O)cc1. The van der Waals surface area contributed by atoms with E-state index in [-0.39, 0.29) is 24.1 Å². The Morgan fingerprint density at radius 3 is 2.00 bits per heavy atom. The monoisotopic (exact) mass is 558 g/mol. The number of benzene rings is 1. The Morgan fingerprint density at radius 2 is 1.50 bits per heavy atom. The van der Waals surface area contributed by atoms with Crippen molar-refractivity contribution in [2.24, 2.45) is 0 Å². The summed E-state index contributed by atoms with van der Waals surface area (Å²) in [6.45, 7) is 3.79. The van der Waals surface area contributed by atoms with Gasteiger partial charge in [0.2, 0.25) is 0 Å². The highest BCUT2D eigenvalue weighted by Gasteiger charge is 2.42. The van der Waals surface area contributed by atoms with Crippen molar-refractivity contribution in [2.75, 3.05) is 41.0 Å². The molecule has 0 aliphatic carbocycles. The molecule has 220 valence electrons. The maximum atomic E-state index is 12.9. The molecule has 0 aliphatic heterocycles. The normalized spacial score (nSPS) is 15.0. The third-order valence-electron chi connectivity index (χ3n) is 6.59. The summed E-state index contributed by atoms with van der Waals surface area (Å²) in [6, 6.07) is 7.60. The molecule has 0 saturated carbocycles. The highest BCUT2D eigenvalue weighted by molar-refractivity contribution is 7.53. The Labute approximate surface area is 230 Å². The fourth-order valence-corrected chi connectivity index (χ4v) is 6.38. The maximum Gasteiger partial charge on any atom is 0.385 e. The van der Waals surface area contributed by atoms with Gasteiger partial charge in [-0.1, -0.05) is 76.8 Å². The molecule has 0 amide bonds. The van der Waals surface area contributed by atoms with Gasteiger partial charge >= 0.3 is 13.6 Å². The summed E-state index contributed by atoms with van der Waals surface area (Å²) in [6.07, 6.45) is 12.6. The predicted molar refractivity (Wildman–Crippen MR) is 152 cm³/mol. The third-order valence-corrected chi connectivity index (χ3v) is 8.81. The zero-order valence-electron chi connectivity index (χ0n) is 24.4. The van der Waals surface area contributed by atoms with Gasteiger partial charge in [0.1, 0.15) is 11.9 Å². The smallest absolute Gasteiger partial charge is 0.385 e. The summed E-state index contributed by atoms with van der Waals surface area (Å²) in [4.78, 5) is 22.2. The molecule has 0 fully saturated rings. The van der Waals surface area contributed by atoms with Crippen molar-refractivity contribution in [1.82, 2.24) is 0 Å². The molecule has 9 heteroatoms. The van der Waals surface area contributed by atoms with Crippen molar-refractivity contribution in [3.05, 3.63) is 29.8 Å². The second kappa shape index (κ2) is 18.8. The first-order chi connectivity index (χ1) is 18.0. The third kappa shape index (κ3) is 15.2. The van der Waals surface area contributed by atoms with Crippen molar-refractivity contribution in [3.63, 3.8) is 0 Å². The Kier molecular flexibility index (Phi) is 17.1. The highest BCUT2D eigenvalue weighted by Crippen LogP contribution is 2.51. The molecule has 0 aliphatic rings. The number of aliphatic hydroxyl groups excluding tert-OH is 1. The van der Waals surface area contributed by atoms with Gasteiger partial charge < -0.3 is 28.5 Å². The molecule has 38 heavy (non-hydrogen) atoms. The standard InChI is InChI=1S/C29H52NO7P/c1-6-7-8-9-10-11-12-13-14-15-22-35-27-18-16-26(17-19-27)23-28(37-25(2)32)24-36-38(33,34)29(20-21-31)30(3,4)5/h16-19,28-29,31H,6-15,20-24H2,1-5H3/p+1. The molecule has 0 spiro atoms. The van der Waals surface area contributed by atoms with Crippen LogP contribution in [0.3, 0.4) is 0 Å². The number of nitrogens with zero attached hydrogens (tertiary/aromatic N) is 1. The van der Waals surface area contributed by atoms with Gasteiger partial charge in [-0.15, -0.1) is 0 Å². The fourth-order valence-electron chi connectivity index (χ4n) is 4.51. The lowest BCUT2D eigenvalue weighted by Crippen LogP contribution is -2.46. The highest BCUT2D eigenvalue weighted by atomic mass is 31.2. The van der Waals surface area contributed by atoms with Crippen molar-refractivity contribution in [1.29, 1.82) is 0 Å². The second-order valence-corrected chi connectivity index (χ2v) is 13.1. The summed E-state index contributed by atoms with van der Waals surface area (Å²) >= 11 is 0. The van der Waals surface area contributed by atoms with E-state index in [0.717, 1.165) is 17.7 Å². The number of carbonyl (C=O) groups excluding carboxylic acids is 1. The minimum Gasteiger partial charge on any atom is -0.494 e. The number of quaternary nitrogens is 1. The van der Waals surface area contributed by atoms with Crippen LogP contribution in [0.15, 0.2) is 24.3 Å². The van der Waals surface area contributed by atoms with Crippen LogP contribution in [0.1, 0.15) is 90.0 Å². The van der Waals surface area contributed by atoms with Crippen molar-refractivity contribution >= 4 is 13.6 Å². The van der Waals surface area contributed by atoms with Gasteiger partial charge in [0, 0.05) is 26.4 Å². The number of aliphatic hydroxyl groups is 1. The molecular formula is C29H53NO7P+. The molecule has 2 N–H and O–H groups in total. The van der Waals surface area contributed by atoms with Crippen LogP contribution in [-0.4, -0.2) is 73.3 Å². The van der Waals surface area contributed by atoms with E-state index in [2.05, 4.69) is 6.92 Å². The van der Waals surface area contributed by atoms with E-state index in [4.69, 9.17) is 14.0 Å².